The first kappa shape index (κ1) is 26.8. The van der Waals surface area contributed by atoms with E-state index in [9.17, 15) is 14.0 Å². The molecule has 1 aliphatic heterocycles. The third-order valence-electron chi connectivity index (χ3n) is 6.22. The normalized spacial score (nSPS) is 15.1. The SMILES string of the molecule is CCOC(=O)C1=C(C)N=c2s/c(=C\c3ccccc3OCc3ccc(Br)cc3)c(=O)n2[C@@H]1c1ccc(F)cc1. The molecule has 9 heteroatoms. The maximum Gasteiger partial charge on any atom is 0.338 e. The van der Waals surface area contributed by atoms with Gasteiger partial charge in [0.05, 0.1) is 28.5 Å². The van der Waals surface area contributed by atoms with Crippen LogP contribution in [0.3, 0.4) is 0 Å². The van der Waals surface area contributed by atoms with Gasteiger partial charge in [-0.2, -0.15) is 0 Å². The number of carbonyl (C=O) groups excluding carboxylic acids is 1. The predicted molar refractivity (Wildman–Crippen MR) is 152 cm³/mol. The van der Waals surface area contributed by atoms with Crippen molar-refractivity contribution in [2.75, 3.05) is 6.61 Å². The molecule has 6 nitrogen and oxygen atoms in total. The van der Waals surface area contributed by atoms with Crippen LogP contribution in [0.4, 0.5) is 4.39 Å². The van der Waals surface area contributed by atoms with E-state index in [0.717, 1.165) is 15.6 Å². The largest absolute Gasteiger partial charge is 0.488 e. The maximum absolute atomic E-state index is 13.8. The Kier molecular flexibility index (Phi) is 7.90. The predicted octanol–water partition coefficient (Wildman–Crippen LogP) is 5.28. The minimum Gasteiger partial charge on any atom is -0.488 e. The van der Waals surface area contributed by atoms with E-state index in [1.54, 1.807) is 32.1 Å². The quantitative estimate of drug-likeness (QED) is 0.268. The number of benzene rings is 3. The fourth-order valence-electron chi connectivity index (χ4n) is 4.37. The summed E-state index contributed by atoms with van der Waals surface area (Å²) < 4.78 is 28.0. The Labute approximate surface area is 236 Å². The van der Waals surface area contributed by atoms with Crippen LogP contribution in [0, 0.1) is 5.82 Å². The van der Waals surface area contributed by atoms with E-state index in [1.165, 1.54) is 28.0 Å². The van der Waals surface area contributed by atoms with E-state index in [0.29, 0.717) is 33.0 Å². The van der Waals surface area contributed by atoms with Crippen LogP contribution < -0.4 is 19.6 Å². The molecule has 0 radical (unpaired) electrons. The van der Waals surface area contributed by atoms with Gasteiger partial charge in [-0.25, -0.2) is 14.2 Å². The highest BCUT2D eigenvalue weighted by molar-refractivity contribution is 9.10. The highest BCUT2D eigenvalue weighted by Gasteiger charge is 2.33. The summed E-state index contributed by atoms with van der Waals surface area (Å²) >= 11 is 4.66. The van der Waals surface area contributed by atoms with Crippen molar-refractivity contribution < 1.29 is 18.7 Å². The van der Waals surface area contributed by atoms with Crippen LogP contribution >= 0.6 is 27.3 Å². The summed E-state index contributed by atoms with van der Waals surface area (Å²) in [7, 11) is 0. The average Bonchev–Trinajstić information content (AvgIpc) is 3.23. The number of hydrogen-bond acceptors (Lipinski definition) is 6. The fraction of sp³-hybridized carbons (Fsp3) is 0.167. The molecular weight excluding hydrogens is 583 g/mol. The molecule has 0 unspecified atom stereocenters. The van der Waals surface area contributed by atoms with Crippen molar-refractivity contribution in [1.82, 2.24) is 4.57 Å². The molecule has 0 spiro atoms. The highest BCUT2D eigenvalue weighted by atomic mass is 79.9. The molecule has 4 aromatic rings. The zero-order valence-corrected chi connectivity index (χ0v) is 23.6. The standard InChI is InChI=1S/C30H24BrFN2O4S/c1-3-37-29(36)26-18(2)33-30-34(27(26)20-10-14-23(32)15-11-20)28(35)25(39-30)16-21-6-4-5-7-24(21)38-17-19-8-12-22(31)13-9-19/h4-16,27H,3,17H2,1-2H3/b25-16-/t27-/m1/s1. The number of para-hydroxylation sites is 1. The molecule has 0 saturated carbocycles. The van der Waals surface area contributed by atoms with E-state index < -0.39 is 17.8 Å². The van der Waals surface area contributed by atoms with Crippen LogP contribution in [0.25, 0.3) is 6.08 Å². The van der Waals surface area contributed by atoms with Gasteiger partial charge in [0, 0.05) is 10.0 Å². The molecular formula is C30H24BrFN2O4S. The second-order valence-electron chi connectivity index (χ2n) is 8.81. The van der Waals surface area contributed by atoms with Crippen LogP contribution in [-0.2, 0) is 16.1 Å². The number of nitrogens with zero attached hydrogens (tertiary/aromatic N) is 2. The Morgan fingerprint density at radius 3 is 2.54 bits per heavy atom. The molecule has 5 rings (SSSR count). The maximum atomic E-state index is 13.8. The van der Waals surface area contributed by atoms with Crippen LogP contribution in [-0.4, -0.2) is 17.1 Å². The van der Waals surface area contributed by atoms with E-state index >= 15 is 0 Å². The number of ether oxygens (including phenoxy) is 2. The lowest BCUT2D eigenvalue weighted by Gasteiger charge is -2.24. The Hall–Kier alpha value is -3.82. The lowest BCUT2D eigenvalue weighted by Crippen LogP contribution is -2.39. The average molecular weight is 608 g/mol. The van der Waals surface area contributed by atoms with Crippen molar-refractivity contribution in [2.45, 2.75) is 26.5 Å². The van der Waals surface area contributed by atoms with Crippen molar-refractivity contribution in [1.29, 1.82) is 0 Å². The number of thiazole rings is 1. The summed E-state index contributed by atoms with van der Waals surface area (Å²) in [6.45, 7) is 3.97. The second kappa shape index (κ2) is 11.5. The summed E-state index contributed by atoms with van der Waals surface area (Å²) in [5.41, 5.74) is 2.72. The number of carbonyl (C=O) groups is 1. The van der Waals surface area contributed by atoms with Gasteiger partial charge in [-0.15, -0.1) is 0 Å². The molecule has 0 saturated heterocycles. The number of esters is 1. The molecule has 0 amide bonds. The van der Waals surface area contributed by atoms with E-state index in [2.05, 4.69) is 20.9 Å². The summed E-state index contributed by atoms with van der Waals surface area (Å²) in [4.78, 5) is 31.8. The second-order valence-corrected chi connectivity index (χ2v) is 10.7. The van der Waals surface area contributed by atoms with Crippen molar-refractivity contribution >= 4 is 39.3 Å². The van der Waals surface area contributed by atoms with Gasteiger partial charge in [-0.3, -0.25) is 9.36 Å². The first-order valence-electron chi connectivity index (χ1n) is 12.3. The van der Waals surface area contributed by atoms with Crippen LogP contribution in [0.5, 0.6) is 5.75 Å². The van der Waals surface area contributed by atoms with Crippen molar-refractivity contribution in [2.24, 2.45) is 4.99 Å². The zero-order chi connectivity index (χ0) is 27.5. The first-order valence-corrected chi connectivity index (χ1v) is 13.9. The molecule has 1 atom stereocenters. The van der Waals surface area contributed by atoms with Gasteiger partial charge >= 0.3 is 5.97 Å². The van der Waals surface area contributed by atoms with Gasteiger partial charge in [0.15, 0.2) is 4.80 Å². The molecule has 3 aromatic carbocycles. The molecule has 0 fully saturated rings. The molecule has 1 aliphatic rings. The Morgan fingerprint density at radius 2 is 1.82 bits per heavy atom. The Bertz CT molecular complexity index is 1740. The minimum atomic E-state index is -0.799. The number of aromatic nitrogens is 1. The first-order chi connectivity index (χ1) is 18.9. The molecule has 0 aliphatic carbocycles. The molecule has 1 aromatic heterocycles. The number of hydrogen-bond donors (Lipinski definition) is 0. The van der Waals surface area contributed by atoms with Crippen molar-refractivity contribution in [3.05, 3.63) is 131 Å². The molecule has 198 valence electrons. The van der Waals surface area contributed by atoms with Crippen LogP contribution in [0.1, 0.15) is 36.6 Å². The molecule has 0 N–H and O–H groups in total. The zero-order valence-electron chi connectivity index (χ0n) is 21.2. The van der Waals surface area contributed by atoms with Crippen molar-refractivity contribution in [3.63, 3.8) is 0 Å². The third kappa shape index (κ3) is 5.65. The smallest absolute Gasteiger partial charge is 0.338 e. The monoisotopic (exact) mass is 606 g/mol. The van der Waals surface area contributed by atoms with E-state index in [-0.39, 0.29) is 17.7 Å². The Morgan fingerprint density at radius 1 is 1.10 bits per heavy atom. The summed E-state index contributed by atoms with van der Waals surface area (Å²) in [5, 5.41) is 0. The number of fused-ring (bicyclic) bond motifs is 1. The van der Waals surface area contributed by atoms with Gasteiger partial charge in [-0.1, -0.05) is 69.7 Å². The third-order valence-corrected chi connectivity index (χ3v) is 7.73. The molecule has 0 bridgehead atoms. The number of halogens is 2. The lowest BCUT2D eigenvalue weighted by molar-refractivity contribution is -0.139. The topological polar surface area (TPSA) is 69.9 Å². The molecule has 2 heterocycles. The van der Waals surface area contributed by atoms with Gasteiger partial charge in [0.25, 0.3) is 5.56 Å². The van der Waals surface area contributed by atoms with Gasteiger partial charge in [0.1, 0.15) is 18.2 Å². The summed E-state index contributed by atoms with van der Waals surface area (Å²) in [6, 6.07) is 20.3. The minimum absolute atomic E-state index is 0.174. The van der Waals surface area contributed by atoms with Crippen molar-refractivity contribution in [3.8, 4) is 5.75 Å². The number of rotatable bonds is 7. The van der Waals surface area contributed by atoms with Crippen LogP contribution in [0.15, 0.2) is 98.3 Å². The molecule has 39 heavy (non-hydrogen) atoms. The van der Waals surface area contributed by atoms with E-state index in [1.807, 2.05) is 48.5 Å². The van der Waals surface area contributed by atoms with Gasteiger partial charge in [0.2, 0.25) is 0 Å². The highest BCUT2D eigenvalue weighted by Crippen LogP contribution is 2.31. The number of allylic oxidation sites excluding steroid dienone is 1. The summed E-state index contributed by atoms with van der Waals surface area (Å²) in [6.07, 6.45) is 1.77. The van der Waals surface area contributed by atoms with Gasteiger partial charge < -0.3 is 9.47 Å². The Balaban J connectivity index is 1.59. The van der Waals surface area contributed by atoms with Gasteiger partial charge in [-0.05, 0) is 61.4 Å². The van der Waals surface area contributed by atoms with E-state index in [4.69, 9.17) is 9.47 Å². The lowest BCUT2D eigenvalue weighted by atomic mass is 9.96. The fourth-order valence-corrected chi connectivity index (χ4v) is 5.67. The summed E-state index contributed by atoms with van der Waals surface area (Å²) in [5.74, 6) is -0.344. The van der Waals surface area contributed by atoms with Crippen LogP contribution in [0.2, 0.25) is 0 Å².